The highest BCUT2D eigenvalue weighted by atomic mass is 127. The lowest BCUT2D eigenvalue weighted by molar-refractivity contribution is -0.0504. The molecule has 0 aliphatic carbocycles. The first kappa shape index (κ1) is 19.4. The minimum absolute atomic E-state index is 0. The van der Waals surface area contributed by atoms with E-state index < -0.39 is 6.61 Å². The number of ether oxygens (including phenoxy) is 1. The van der Waals surface area contributed by atoms with E-state index in [9.17, 15) is 8.78 Å². The normalized spacial score (nSPS) is 10.6. The Hall–Kier alpha value is -1.56. The second-order valence-electron chi connectivity index (χ2n) is 3.97. The number of nitrogens with one attached hydrogen (secondary N) is 2. The van der Waals surface area contributed by atoms with Crippen molar-refractivity contribution in [2.24, 2.45) is 4.99 Å². The third-order valence-electron chi connectivity index (χ3n) is 2.46. The predicted molar refractivity (Wildman–Crippen MR) is 90.3 cm³/mol. The summed E-state index contributed by atoms with van der Waals surface area (Å²) in [6.45, 7) is -0.349. The van der Waals surface area contributed by atoms with Gasteiger partial charge in [0.05, 0.1) is 6.54 Å². The van der Waals surface area contributed by atoms with E-state index in [0.29, 0.717) is 24.6 Å². The van der Waals surface area contributed by atoms with Crippen LogP contribution in [0.15, 0.2) is 23.2 Å². The van der Waals surface area contributed by atoms with E-state index in [1.54, 1.807) is 19.2 Å². The Bertz CT molecular complexity index is 515. The number of aliphatic imine (C=N–C) groups is 1. The number of terminal acetylenes is 1. The largest absolute Gasteiger partial charge is 0.434 e. The quantitative estimate of drug-likeness (QED) is 0.340. The zero-order valence-corrected chi connectivity index (χ0v) is 14.2. The van der Waals surface area contributed by atoms with E-state index in [1.165, 1.54) is 6.07 Å². The predicted octanol–water partition coefficient (Wildman–Crippen LogP) is 2.51. The molecule has 0 heterocycles. The first-order valence-corrected chi connectivity index (χ1v) is 5.99. The molecule has 4 nitrogen and oxygen atoms in total. The second kappa shape index (κ2) is 10.2. The van der Waals surface area contributed by atoms with Crippen molar-refractivity contribution in [3.05, 3.63) is 29.3 Å². The van der Waals surface area contributed by atoms with Crippen LogP contribution in [-0.2, 0) is 6.54 Å². The zero-order valence-electron chi connectivity index (χ0n) is 11.8. The number of benzene rings is 1. The van der Waals surface area contributed by atoms with Gasteiger partial charge >= 0.3 is 6.61 Å². The van der Waals surface area contributed by atoms with Crippen molar-refractivity contribution in [1.29, 1.82) is 0 Å². The monoisotopic (exact) mass is 409 g/mol. The second-order valence-corrected chi connectivity index (χ2v) is 3.97. The van der Waals surface area contributed by atoms with Gasteiger partial charge in [-0.2, -0.15) is 8.78 Å². The van der Waals surface area contributed by atoms with Gasteiger partial charge in [0, 0.05) is 19.2 Å². The van der Waals surface area contributed by atoms with E-state index in [1.807, 2.05) is 6.92 Å². The Morgan fingerprint density at radius 3 is 2.71 bits per heavy atom. The summed E-state index contributed by atoms with van der Waals surface area (Å²) in [6, 6.07) is 5.02. The Balaban J connectivity index is 0.00000400. The summed E-state index contributed by atoms with van der Waals surface area (Å²) in [6.07, 6.45) is 5.14. The Kier molecular flexibility index (Phi) is 9.45. The summed E-state index contributed by atoms with van der Waals surface area (Å²) in [4.78, 5) is 3.96. The van der Waals surface area contributed by atoms with Crippen LogP contribution in [0.25, 0.3) is 0 Å². The first-order chi connectivity index (χ1) is 9.56. The molecule has 0 saturated heterocycles. The summed E-state index contributed by atoms with van der Waals surface area (Å²) in [5.74, 6) is 3.06. The number of alkyl halides is 2. The van der Waals surface area contributed by atoms with E-state index >= 15 is 0 Å². The number of rotatable bonds is 5. The number of hydrogen-bond acceptors (Lipinski definition) is 2. The Morgan fingerprint density at radius 2 is 2.14 bits per heavy atom. The van der Waals surface area contributed by atoms with E-state index in [0.717, 1.165) is 5.56 Å². The standard InChI is InChI=1S/C14H17F2N3O.HI/c1-4-7-18-14(17-3)19-9-11-8-10(2)5-6-12(11)20-13(15)16;/h1,5-6,8,13H,7,9H2,2-3H3,(H2,17,18,19);1H. The fourth-order valence-corrected chi connectivity index (χ4v) is 1.59. The average Bonchev–Trinajstić information content (AvgIpc) is 2.41. The van der Waals surface area contributed by atoms with Crippen molar-refractivity contribution in [3.8, 4) is 18.1 Å². The van der Waals surface area contributed by atoms with Gasteiger partial charge in [-0.15, -0.1) is 30.4 Å². The molecule has 0 saturated carbocycles. The van der Waals surface area contributed by atoms with Gasteiger partial charge in [0.25, 0.3) is 0 Å². The fourth-order valence-electron chi connectivity index (χ4n) is 1.59. The average molecular weight is 409 g/mol. The molecule has 0 amide bonds. The molecule has 1 aromatic rings. The van der Waals surface area contributed by atoms with Crippen molar-refractivity contribution in [2.75, 3.05) is 13.6 Å². The number of hydrogen-bond donors (Lipinski definition) is 2. The van der Waals surface area contributed by atoms with Crippen molar-refractivity contribution >= 4 is 29.9 Å². The number of halogens is 3. The smallest absolute Gasteiger partial charge is 0.387 e. The molecule has 116 valence electrons. The fraction of sp³-hybridized carbons (Fsp3) is 0.357. The molecule has 0 radical (unpaired) electrons. The molecule has 1 rings (SSSR count). The maximum absolute atomic E-state index is 12.3. The number of guanidine groups is 1. The SMILES string of the molecule is C#CCNC(=NC)NCc1cc(C)ccc1OC(F)F.I. The lowest BCUT2D eigenvalue weighted by atomic mass is 10.1. The Morgan fingerprint density at radius 1 is 1.43 bits per heavy atom. The van der Waals surface area contributed by atoms with Crippen LogP contribution in [0.2, 0.25) is 0 Å². The lowest BCUT2D eigenvalue weighted by Gasteiger charge is -2.14. The molecule has 0 aromatic heterocycles. The van der Waals surface area contributed by atoms with Crippen molar-refractivity contribution in [2.45, 2.75) is 20.1 Å². The van der Waals surface area contributed by atoms with Gasteiger partial charge in [-0.3, -0.25) is 4.99 Å². The van der Waals surface area contributed by atoms with Crippen LogP contribution in [0.5, 0.6) is 5.75 Å². The van der Waals surface area contributed by atoms with Gasteiger partial charge < -0.3 is 15.4 Å². The topological polar surface area (TPSA) is 45.7 Å². The summed E-state index contributed by atoms with van der Waals surface area (Å²) in [5, 5.41) is 5.86. The number of nitrogens with zero attached hydrogens (tertiary/aromatic N) is 1. The van der Waals surface area contributed by atoms with Crippen molar-refractivity contribution < 1.29 is 13.5 Å². The molecule has 0 aliphatic heterocycles. The number of aryl methyl sites for hydroxylation is 1. The molecule has 0 bridgehead atoms. The summed E-state index contributed by atoms with van der Waals surface area (Å²) in [7, 11) is 1.60. The van der Waals surface area contributed by atoms with Crippen molar-refractivity contribution in [1.82, 2.24) is 10.6 Å². The molecule has 0 atom stereocenters. The molecule has 1 aromatic carbocycles. The van der Waals surface area contributed by atoms with Crippen LogP contribution in [-0.4, -0.2) is 26.2 Å². The molecule has 0 unspecified atom stereocenters. The molecule has 0 fully saturated rings. The Labute approximate surface area is 140 Å². The zero-order chi connectivity index (χ0) is 15.0. The molecule has 2 N–H and O–H groups in total. The summed E-state index contributed by atoms with van der Waals surface area (Å²) in [5.41, 5.74) is 1.57. The molecule has 21 heavy (non-hydrogen) atoms. The molecular formula is C14H18F2IN3O. The van der Waals surface area contributed by atoms with E-state index in [4.69, 9.17) is 6.42 Å². The van der Waals surface area contributed by atoms with E-state index in [-0.39, 0.29) is 29.7 Å². The third-order valence-corrected chi connectivity index (χ3v) is 2.46. The first-order valence-electron chi connectivity index (χ1n) is 5.99. The third kappa shape index (κ3) is 7.13. The van der Waals surface area contributed by atoms with Gasteiger partial charge in [0.2, 0.25) is 0 Å². The van der Waals surface area contributed by atoms with Gasteiger partial charge in [0.15, 0.2) is 5.96 Å². The van der Waals surface area contributed by atoms with Crippen LogP contribution >= 0.6 is 24.0 Å². The molecule has 7 heteroatoms. The van der Waals surface area contributed by atoms with Gasteiger partial charge in [-0.05, 0) is 13.0 Å². The molecule has 0 spiro atoms. The maximum Gasteiger partial charge on any atom is 0.387 e. The molecular weight excluding hydrogens is 391 g/mol. The van der Waals surface area contributed by atoms with Crippen molar-refractivity contribution in [3.63, 3.8) is 0 Å². The van der Waals surface area contributed by atoms with Gasteiger partial charge in [-0.1, -0.05) is 23.6 Å². The van der Waals surface area contributed by atoms with Crippen LogP contribution in [0.3, 0.4) is 0 Å². The molecule has 0 aliphatic rings. The van der Waals surface area contributed by atoms with E-state index in [2.05, 4.69) is 26.3 Å². The highest BCUT2D eigenvalue weighted by molar-refractivity contribution is 14.0. The van der Waals surface area contributed by atoms with Crippen LogP contribution in [0, 0.1) is 19.3 Å². The van der Waals surface area contributed by atoms with Crippen LogP contribution in [0.1, 0.15) is 11.1 Å². The maximum atomic E-state index is 12.3. The van der Waals surface area contributed by atoms with Gasteiger partial charge in [0.1, 0.15) is 5.75 Å². The minimum atomic E-state index is -2.85. The summed E-state index contributed by atoms with van der Waals surface area (Å²) >= 11 is 0. The van der Waals surface area contributed by atoms with Crippen LogP contribution < -0.4 is 15.4 Å². The lowest BCUT2D eigenvalue weighted by Crippen LogP contribution is -2.37. The summed E-state index contributed by atoms with van der Waals surface area (Å²) < 4.78 is 29.1. The highest BCUT2D eigenvalue weighted by Crippen LogP contribution is 2.21. The highest BCUT2D eigenvalue weighted by Gasteiger charge is 2.10. The van der Waals surface area contributed by atoms with Crippen LogP contribution in [0.4, 0.5) is 8.78 Å². The minimum Gasteiger partial charge on any atom is -0.434 e. The van der Waals surface area contributed by atoms with Gasteiger partial charge in [-0.25, -0.2) is 0 Å².